The molecule has 0 radical (unpaired) electrons. The van der Waals surface area contributed by atoms with E-state index in [2.05, 4.69) is 36.1 Å². The second-order valence-electron chi connectivity index (χ2n) is 4.10. The highest BCUT2D eigenvalue weighted by Crippen LogP contribution is 2.22. The van der Waals surface area contributed by atoms with Crippen LogP contribution in [0.2, 0.25) is 0 Å². The van der Waals surface area contributed by atoms with Crippen LogP contribution in [0.3, 0.4) is 0 Å². The van der Waals surface area contributed by atoms with E-state index in [1.165, 1.54) is 30.0 Å². The molecule has 0 spiro atoms. The van der Waals surface area contributed by atoms with Crippen molar-refractivity contribution in [3.05, 3.63) is 23.8 Å². The number of hydrogen-bond acceptors (Lipinski definition) is 3. The van der Waals surface area contributed by atoms with Crippen LogP contribution < -0.4 is 11.1 Å². The maximum absolute atomic E-state index is 5.79. The summed E-state index contributed by atoms with van der Waals surface area (Å²) in [4.78, 5) is 0. The zero-order valence-corrected chi connectivity index (χ0v) is 9.94. The molecule has 1 aliphatic heterocycles. The molecule has 2 rings (SSSR count). The van der Waals surface area contributed by atoms with Gasteiger partial charge in [0.2, 0.25) is 0 Å². The Bertz CT molecular complexity index is 332. The molecule has 3 heteroatoms. The molecule has 2 nitrogen and oxygen atoms in total. The molecule has 3 N–H and O–H groups in total. The SMILES string of the molecule is Cc1cc(NC2CCSCC2)ccc1N. The van der Waals surface area contributed by atoms with Crippen molar-refractivity contribution in [2.75, 3.05) is 22.6 Å². The number of hydrogen-bond donors (Lipinski definition) is 2. The summed E-state index contributed by atoms with van der Waals surface area (Å²) in [7, 11) is 0. The highest BCUT2D eigenvalue weighted by atomic mass is 32.2. The molecule has 1 aliphatic rings. The highest BCUT2D eigenvalue weighted by molar-refractivity contribution is 7.99. The van der Waals surface area contributed by atoms with Crippen LogP contribution in [0.1, 0.15) is 18.4 Å². The second-order valence-corrected chi connectivity index (χ2v) is 5.33. The molecule has 15 heavy (non-hydrogen) atoms. The van der Waals surface area contributed by atoms with Crippen molar-refractivity contribution in [3.8, 4) is 0 Å². The average molecular weight is 222 g/mol. The van der Waals surface area contributed by atoms with Crippen LogP contribution in [0.25, 0.3) is 0 Å². The summed E-state index contributed by atoms with van der Waals surface area (Å²) >= 11 is 2.05. The number of thioether (sulfide) groups is 1. The van der Waals surface area contributed by atoms with E-state index < -0.39 is 0 Å². The lowest BCUT2D eigenvalue weighted by atomic mass is 10.1. The molecule has 1 saturated heterocycles. The van der Waals surface area contributed by atoms with Crippen molar-refractivity contribution in [1.29, 1.82) is 0 Å². The van der Waals surface area contributed by atoms with Gasteiger partial charge in [0.15, 0.2) is 0 Å². The van der Waals surface area contributed by atoms with Crippen LogP contribution in [-0.2, 0) is 0 Å². The first kappa shape index (κ1) is 10.7. The lowest BCUT2D eigenvalue weighted by molar-refractivity contribution is 0.667. The molecule has 0 aromatic heterocycles. The third-order valence-corrected chi connectivity index (χ3v) is 3.91. The molecular formula is C12H18N2S. The zero-order valence-electron chi connectivity index (χ0n) is 9.12. The van der Waals surface area contributed by atoms with Crippen LogP contribution >= 0.6 is 11.8 Å². The quantitative estimate of drug-likeness (QED) is 0.756. The Morgan fingerprint density at radius 2 is 2.07 bits per heavy atom. The molecule has 0 amide bonds. The fourth-order valence-corrected chi connectivity index (χ4v) is 2.95. The lowest BCUT2D eigenvalue weighted by Gasteiger charge is -2.23. The minimum absolute atomic E-state index is 0.647. The number of aryl methyl sites for hydroxylation is 1. The average Bonchev–Trinajstić information content (AvgIpc) is 2.25. The largest absolute Gasteiger partial charge is 0.399 e. The monoisotopic (exact) mass is 222 g/mol. The normalized spacial score (nSPS) is 17.7. The van der Waals surface area contributed by atoms with Crippen LogP contribution in [0.15, 0.2) is 18.2 Å². The first-order valence-electron chi connectivity index (χ1n) is 5.46. The van der Waals surface area contributed by atoms with Gasteiger partial charge in [-0.05, 0) is 55.0 Å². The Balaban J connectivity index is 2.00. The molecule has 0 saturated carbocycles. The molecule has 1 aromatic rings. The summed E-state index contributed by atoms with van der Waals surface area (Å²) in [5.41, 5.74) is 9.03. The van der Waals surface area contributed by atoms with E-state index in [1.54, 1.807) is 0 Å². The Labute approximate surface area is 95.6 Å². The van der Waals surface area contributed by atoms with Gasteiger partial charge in [0.05, 0.1) is 0 Å². The van der Waals surface area contributed by atoms with E-state index in [0.29, 0.717) is 6.04 Å². The smallest absolute Gasteiger partial charge is 0.0346 e. The topological polar surface area (TPSA) is 38.0 Å². The first-order valence-corrected chi connectivity index (χ1v) is 6.61. The van der Waals surface area contributed by atoms with Gasteiger partial charge >= 0.3 is 0 Å². The Morgan fingerprint density at radius 1 is 1.33 bits per heavy atom. The molecule has 1 fully saturated rings. The molecular weight excluding hydrogens is 204 g/mol. The predicted octanol–water partition coefficient (Wildman–Crippen LogP) is 2.88. The number of nitrogen functional groups attached to an aromatic ring is 1. The second kappa shape index (κ2) is 4.79. The van der Waals surface area contributed by atoms with E-state index in [9.17, 15) is 0 Å². The van der Waals surface area contributed by atoms with Crippen molar-refractivity contribution in [3.63, 3.8) is 0 Å². The zero-order chi connectivity index (χ0) is 10.7. The van der Waals surface area contributed by atoms with Gasteiger partial charge in [-0.2, -0.15) is 11.8 Å². The number of rotatable bonds is 2. The summed E-state index contributed by atoms with van der Waals surface area (Å²) in [5.74, 6) is 2.57. The van der Waals surface area contributed by atoms with Gasteiger partial charge < -0.3 is 11.1 Å². The number of benzene rings is 1. The number of nitrogens with two attached hydrogens (primary N) is 1. The van der Waals surface area contributed by atoms with E-state index in [0.717, 1.165) is 11.3 Å². The predicted molar refractivity (Wildman–Crippen MR) is 69.6 cm³/mol. The van der Waals surface area contributed by atoms with Gasteiger partial charge in [0.25, 0.3) is 0 Å². The molecule has 0 aliphatic carbocycles. The van der Waals surface area contributed by atoms with Crippen molar-refractivity contribution in [1.82, 2.24) is 0 Å². The summed E-state index contributed by atoms with van der Waals surface area (Å²) in [6.45, 7) is 2.05. The van der Waals surface area contributed by atoms with E-state index in [4.69, 9.17) is 5.73 Å². The Hall–Kier alpha value is -0.830. The summed E-state index contributed by atoms with van der Waals surface area (Å²) in [5, 5.41) is 3.58. The minimum Gasteiger partial charge on any atom is -0.399 e. The highest BCUT2D eigenvalue weighted by Gasteiger charge is 2.13. The number of anilines is 2. The van der Waals surface area contributed by atoms with Gasteiger partial charge in [-0.15, -0.1) is 0 Å². The van der Waals surface area contributed by atoms with E-state index >= 15 is 0 Å². The van der Waals surface area contributed by atoms with E-state index in [1.807, 2.05) is 6.07 Å². The molecule has 1 heterocycles. The fourth-order valence-electron chi connectivity index (χ4n) is 1.84. The maximum atomic E-state index is 5.79. The van der Waals surface area contributed by atoms with Gasteiger partial charge in [-0.25, -0.2) is 0 Å². The summed E-state index contributed by atoms with van der Waals surface area (Å²) in [6.07, 6.45) is 2.54. The molecule has 82 valence electrons. The Morgan fingerprint density at radius 3 is 2.73 bits per heavy atom. The van der Waals surface area contributed by atoms with E-state index in [-0.39, 0.29) is 0 Å². The summed E-state index contributed by atoms with van der Waals surface area (Å²) < 4.78 is 0. The molecule has 0 atom stereocenters. The van der Waals surface area contributed by atoms with Crippen molar-refractivity contribution in [2.45, 2.75) is 25.8 Å². The summed E-state index contributed by atoms with van der Waals surface area (Å²) in [6, 6.07) is 6.84. The van der Waals surface area contributed by atoms with Crippen LogP contribution in [0.5, 0.6) is 0 Å². The number of nitrogens with one attached hydrogen (secondary N) is 1. The molecule has 1 aromatic carbocycles. The fraction of sp³-hybridized carbons (Fsp3) is 0.500. The third kappa shape index (κ3) is 2.81. The van der Waals surface area contributed by atoms with Gasteiger partial charge in [0, 0.05) is 17.4 Å². The van der Waals surface area contributed by atoms with Crippen molar-refractivity contribution >= 4 is 23.1 Å². The van der Waals surface area contributed by atoms with Gasteiger partial charge in [-0.3, -0.25) is 0 Å². The van der Waals surface area contributed by atoms with Crippen LogP contribution in [0, 0.1) is 6.92 Å². The molecule has 0 bridgehead atoms. The van der Waals surface area contributed by atoms with Crippen LogP contribution in [0.4, 0.5) is 11.4 Å². The molecule has 0 unspecified atom stereocenters. The lowest BCUT2D eigenvalue weighted by Crippen LogP contribution is -2.24. The van der Waals surface area contributed by atoms with Crippen LogP contribution in [-0.4, -0.2) is 17.5 Å². The third-order valence-electron chi connectivity index (χ3n) is 2.86. The maximum Gasteiger partial charge on any atom is 0.0346 e. The minimum atomic E-state index is 0.647. The van der Waals surface area contributed by atoms with Gasteiger partial charge in [0.1, 0.15) is 0 Å². The van der Waals surface area contributed by atoms with Crippen molar-refractivity contribution < 1.29 is 0 Å². The Kier molecular flexibility index (Phi) is 3.41. The standard InChI is InChI=1S/C12H18N2S/c1-9-8-11(2-3-12(9)13)14-10-4-6-15-7-5-10/h2-3,8,10,14H,4-7,13H2,1H3. The first-order chi connectivity index (χ1) is 7.25. The van der Waals surface area contributed by atoms with Gasteiger partial charge in [-0.1, -0.05) is 0 Å². The van der Waals surface area contributed by atoms with Crippen molar-refractivity contribution in [2.24, 2.45) is 0 Å².